The lowest BCUT2D eigenvalue weighted by Gasteiger charge is -2.62. The van der Waals surface area contributed by atoms with E-state index in [2.05, 4.69) is 56.5 Å². The van der Waals surface area contributed by atoms with Gasteiger partial charge in [-0.15, -0.1) is 0 Å². The Balaban J connectivity index is 2.13. The molecule has 2 rings (SSSR count). The summed E-state index contributed by atoms with van der Waals surface area (Å²) in [6.45, 7) is 15.9. The molecule has 3 unspecified atom stereocenters. The Labute approximate surface area is 155 Å². The SMILES string of the molecule is C/C(=C\COPP)CC[C@H]1C(C)(C)CCC2C(C)(C)CCC[C@@]21C. The maximum atomic E-state index is 5.48. The average Bonchev–Trinajstić information content (AvgIpc) is 2.45. The van der Waals surface area contributed by atoms with Crippen LogP contribution in [0.1, 0.15) is 86.5 Å². The van der Waals surface area contributed by atoms with Gasteiger partial charge >= 0.3 is 0 Å². The van der Waals surface area contributed by atoms with E-state index < -0.39 is 0 Å². The van der Waals surface area contributed by atoms with Crippen molar-refractivity contribution in [3.8, 4) is 0 Å². The van der Waals surface area contributed by atoms with Gasteiger partial charge in [-0.05, 0) is 73.5 Å². The largest absolute Gasteiger partial charge is 0.354 e. The predicted octanol–water partition coefficient (Wildman–Crippen LogP) is 7.38. The first-order chi connectivity index (χ1) is 11.1. The summed E-state index contributed by atoms with van der Waals surface area (Å²) in [5, 5.41) is 0. The van der Waals surface area contributed by atoms with Crippen LogP contribution in [0.15, 0.2) is 11.6 Å². The molecule has 0 heterocycles. The number of hydrogen-bond donors (Lipinski definition) is 0. The molecule has 0 aromatic carbocycles. The van der Waals surface area contributed by atoms with Gasteiger partial charge < -0.3 is 4.52 Å². The molecule has 0 amide bonds. The zero-order chi connectivity index (χ0) is 18.0. The van der Waals surface area contributed by atoms with Crippen LogP contribution >= 0.6 is 17.4 Å². The minimum atomic E-state index is 0.483. The van der Waals surface area contributed by atoms with Gasteiger partial charge in [-0.2, -0.15) is 0 Å². The van der Waals surface area contributed by atoms with Gasteiger partial charge in [-0.25, -0.2) is 0 Å². The van der Waals surface area contributed by atoms with Crippen molar-refractivity contribution in [3.63, 3.8) is 0 Å². The summed E-state index contributed by atoms with van der Waals surface area (Å²) >= 11 is 0. The van der Waals surface area contributed by atoms with Crippen molar-refractivity contribution in [2.75, 3.05) is 6.61 Å². The van der Waals surface area contributed by atoms with Gasteiger partial charge in [0.1, 0.15) is 0 Å². The average molecular weight is 370 g/mol. The second-order valence-electron chi connectivity index (χ2n) is 10.00. The summed E-state index contributed by atoms with van der Waals surface area (Å²) in [5.74, 6) is 1.75. The van der Waals surface area contributed by atoms with Gasteiger partial charge in [0.2, 0.25) is 0 Å². The smallest absolute Gasteiger partial charge is 0.0693 e. The van der Waals surface area contributed by atoms with Crippen molar-refractivity contribution >= 4 is 17.4 Å². The van der Waals surface area contributed by atoms with E-state index in [1.807, 2.05) is 0 Å². The van der Waals surface area contributed by atoms with Crippen LogP contribution in [0.4, 0.5) is 0 Å². The number of fused-ring (bicyclic) bond motifs is 1. The molecule has 0 N–H and O–H groups in total. The van der Waals surface area contributed by atoms with Crippen molar-refractivity contribution in [1.82, 2.24) is 0 Å². The van der Waals surface area contributed by atoms with E-state index >= 15 is 0 Å². The monoisotopic (exact) mass is 370 g/mol. The standard InChI is InChI=1S/C21H40OP2/c1-16(11-15-22-24-23)8-9-17-20(4,5)14-10-18-19(2,3)12-7-13-21(17,18)6/h11,17-18,24H,7-10,12-15,23H2,1-6H3/b16-11+/t17-,18?,21+/m0/s1. The lowest BCUT2D eigenvalue weighted by Crippen LogP contribution is -2.54. The zero-order valence-electron chi connectivity index (χ0n) is 16.9. The van der Waals surface area contributed by atoms with Gasteiger partial charge in [0.05, 0.1) is 6.61 Å². The van der Waals surface area contributed by atoms with Crippen LogP contribution in [0, 0.1) is 28.1 Å². The predicted molar refractivity (Wildman–Crippen MR) is 113 cm³/mol. The molecule has 0 saturated heterocycles. The van der Waals surface area contributed by atoms with Crippen LogP contribution in [0.3, 0.4) is 0 Å². The minimum absolute atomic E-state index is 0.483. The molecule has 0 spiro atoms. The van der Waals surface area contributed by atoms with Crippen LogP contribution in [0.5, 0.6) is 0 Å². The van der Waals surface area contributed by atoms with Crippen LogP contribution in [0.2, 0.25) is 0 Å². The van der Waals surface area contributed by atoms with Gasteiger partial charge in [0.15, 0.2) is 0 Å². The maximum absolute atomic E-state index is 5.48. The highest BCUT2D eigenvalue weighted by Crippen LogP contribution is 2.65. The lowest BCUT2D eigenvalue weighted by molar-refractivity contribution is -0.125. The molecule has 5 atom stereocenters. The highest BCUT2D eigenvalue weighted by atomic mass is 32.0. The fourth-order valence-electron chi connectivity index (χ4n) is 6.31. The molecule has 24 heavy (non-hydrogen) atoms. The van der Waals surface area contributed by atoms with E-state index in [0.29, 0.717) is 24.7 Å². The van der Waals surface area contributed by atoms with Crippen molar-refractivity contribution in [3.05, 3.63) is 11.6 Å². The number of rotatable bonds is 6. The first-order valence-electron chi connectivity index (χ1n) is 9.86. The summed E-state index contributed by atoms with van der Waals surface area (Å²) < 4.78 is 5.48. The van der Waals surface area contributed by atoms with Crippen LogP contribution in [-0.2, 0) is 4.52 Å². The summed E-state index contributed by atoms with van der Waals surface area (Å²) in [4.78, 5) is 0. The third-order valence-corrected chi connectivity index (χ3v) is 8.35. The molecule has 2 aliphatic rings. The number of hydrogen-bond acceptors (Lipinski definition) is 1. The van der Waals surface area contributed by atoms with Crippen LogP contribution in [0.25, 0.3) is 0 Å². The molecule has 0 aliphatic heterocycles. The molecule has 0 bridgehead atoms. The molecule has 0 aromatic rings. The molecular formula is C21H40OP2. The van der Waals surface area contributed by atoms with Gasteiger partial charge in [0, 0.05) is 8.50 Å². The molecule has 140 valence electrons. The summed E-state index contributed by atoms with van der Waals surface area (Å²) in [7, 11) is 3.17. The third-order valence-electron chi connectivity index (χ3n) is 7.52. The van der Waals surface area contributed by atoms with E-state index in [0.717, 1.165) is 18.4 Å². The highest BCUT2D eigenvalue weighted by Gasteiger charge is 2.56. The fraction of sp³-hybridized carbons (Fsp3) is 0.905. The van der Waals surface area contributed by atoms with E-state index in [9.17, 15) is 0 Å². The zero-order valence-corrected chi connectivity index (χ0v) is 19.0. The van der Waals surface area contributed by atoms with Crippen LogP contribution < -0.4 is 0 Å². The number of allylic oxidation sites excluding steroid dienone is 1. The van der Waals surface area contributed by atoms with Gasteiger partial charge in [0.25, 0.3) is 0 Å². The van der Waals surface area contributed by atoms with Crippen molar-refractivity contribution in [2.24, 2.45) is 28.1 Å². The fourth-order valence-corrected chi connectivity index (χ4v) is 6.78. The molecular weight excluding hydrogens is 330 g/mol. The van der Waals surface area contributed by atoms with E-state index in [4.69, 9.17) is 4.52 Å². The lowest BCUT2D eigenvalue weighted by atomic mass is 9.43. The second-order valence-corrected chi connectivity index (χ2v) is 11.2. The first-order valence-corrected chi connectivity index (χ1v) is 12.6. The third kappa shape index (κ3) is 4.45. The minimum Gasteiger partial charge on any atom is -0.354 e. The van der Waals surface area contributed by atoms with E-state index in [1.165, 1.54) is 50.5 Å². The van der Waals surface area contributed by atoms with Crippen molar-refractivity contribution in [1.29, 1.82) is 0 Å². The van der Waals surface area contributed by atoms with Crippen molar-refractivity contribution < 1.29 is 4.52 Å². The molecule has 1 nitrogen and oxygen atoms in total. The Morgan fingerprint density at radius 3 is 2.50 bits per heavy atom. The Morgan fingerprint density at radius 2 is 1.83 bits per heavy atom. The van der Waals surface area contributed by atoms with Crippen molar-refractivity contribution in [2.45, 2.75) is 86.5 Å². The summed E-state index contributed by atoms with van der Waals surface area (Å²) in [6.07, 6.45) is 12.0. The van der Waals surface area contributed by atoms with Crippen LogP contribution in [-0.4, -0.2) is 6.61 Å². The first kappa shape index (κ1) is 20.9. The Morgan fingerprint density at radius 1 is 1.12 bits per heavy atom. The summed E-state index contributed by atoms with van der Waals surface area (Å²) in [5.41, 5.74) is 3.05. The van der Waals surface area contributed by atoms with Gasteiger partial charge in [-0.3, -0.25) is 0 Å². The highest BCUT2D eigenvalue weighted by molar-refractivity contribution is 8.00. The Bertz CT molecular complexity index is 455. The molecule has 2 fully saturated rings. The van der Waals surface area contributed by atoms with E-state index in [-0.39, 0.29) is 0 Å². The molecule has 2 aliphatic carbocycles. The van der Waals surface area contributed by atoms with Gasteiger partial charge in [-0.1, -0.05) is 61.6 Å². The summed E-state index contributed by atoms with van der Waals surface area (Å²) in [6, 6.07) is 0. The quantitative estimate of drug-likeness (QED) is 0.269. The molecule has 3 heteroatoms. The van der Waals surface area contributed by atoms with E-state index in [1.54, 1.807) is 0 Å². The topological polar surface area (TPSA) is 9.23 Å². The second kappa shape index (κ2) is 8.06. The molecule has 2 saturated carbocycles. The normalized spacial score (nSPS) is 36.0. The maximum Gasteiger partial charge on any atom is 0.0693 e. The Hall–Kier alpha value is 0.560. The molecule has 0 radical (unpaired) electrons. The molecule has 0 aromatic heterocycles. The Kier molecular flexibility index (Phi) is 7.01.